The van der Waals surface area contributed by atoms with E-state index in [1.54, 1.807) is 24.8 Å². The van der Waals surface area contributed by atoms with Crippen LogP contribution in [0.15, 0.2) is 102 Å². The molecule has 5 rings (SSSR count). The number of fused-ring (bicyclic) bond motifs is 1. The zero-order chi connectivity index (χ0) is 26.8. The fraction of sp³-hybridized carbons (Fsp3) is 0.156. The van der Waals surface area contributed by atoms with Gasteiger partial charge in [-0.1, -0.05) is 65.7 Å². The van der Waals surface area contributed by atoms with Gasteiger partial charge in [0.05, 0.1) is 18.7 Å². The lowest BCUT2D eigenvalue weighted by molar-refractivity contribution is 0.414. The van der Waals surface area contributed by atoms with Crippen LogP contribution >= 0.6 is 23.2 Å². The molecule has 0 aliphatic heterocycles. The number of ether oxygens (including phenoxy) is 1. The number of halogens is 2. The van der Waals surface area contributed by atoms with Crippen LogP contribution in [0.2, 0.25) is 10.0 Å². The lowest BCUT2D eigenvalue weighted by Crippen LogP contribution is -2.26. The second kappa shape index (κ2) is 11.0. The van der Waals surface area contributed by atoms with Crippen molar-refractivity contribution in [2.75, 3.05) is 7.11 Å². The first kappa shape index (κ1) is 26.1. The molecule has 0 saturated carbocycles. The Balaban J connectivity index is 1.64. The highest BCUT2D eigenvalue weighted by molar-refractivity contribution is 6.31. The van der Waals surface area contributed by atoms with Crippen molar-refractivity contribution in [3.05, 3.63) is 134 Å². The molecule has 5 aromatic rings. The third kappa shape index (κ3) is 5.34. The maximum Gasteiger partial charge on any atom is 0.251 e. The second-order valence-corrected chi connectivity index (χ2v) is 10.3. The Labute approximate surface area is 232 Å². The van der Waals surface area contributed by atoms with Gasteiger partial charge in [-0.3, -0.25) is 10.1 Å². The van der Waals surface area contributed by atoms with Gasteiger partial charge in [0, 0.05) is 34.6 Å². The van der Waals surface area contributed by atoms with Gasteiger partial charge >= 0.3 is 0 Å². The Morgan fingerprint density at radius 3 is 2.16 bits per heavy atom. The average Bonchev–Trinajstić information content (AvgIpc) is 2.94. The number of aryl methyl sites for hydroxylation is 1. The molecule has 1 N–H and O–H groups in total. The van der Waals surface area contributed by atoms with Crippen LogP contribution in [0.25, 0.3) is 22.0 Å². The van der Waals surface area contributed by atoms with E-state index in [2.05, 4.69) is 36.5 Å². The summed E-state index contributed by atoms with van der Waals surface area (Å²) in [4.78, 5) is 12.8. The third-order valence-corrected chi connectivity index (χ3v) is 7.46. The standard InChI is InChI=1S/C32H28Cl2N2O2/c1-20(21-9-14-27(38-3)15-10-21)35-32(22-7-12-25(33)13-8-22)24-11-16-30-29(18-24)28(19-31(37)36(30)2)23-5-4-6-26(34)17-23/h4-20,32,35H,1-3H3/t20-,32+/m0/s1. The number of pyridine rings is 1. The van der Waals surface area contributed by atoms with Crippen LogP contribution in [0.1, 0.15) is 35.7 Å². The summed E-state index contributed by atoms with van der Waals surface area (Å²) in [7, 11) is 3.47. The Kier molecular flexibility index (Phi) is 7.57. The van der Waals surface area contributed by atoms with Gasteiger partial charge in [-0.15, -0.1) is 0 Å². The maximum atomic E-state index is 12.8. The zero-order valence-electron chi connectivity index (χ0n) is 21.4. The van der Waals surface area contributed by atoms with Crippen LogP contribution in [0.5, 0.6) is 5.75 Å². The molecule has 0 unspecified atom stereocenters. The normalized spacial score (nSPS) is 12.9. The topological polar surface area (TPSA) is 43.3 Å². The molecule has 0 saturated heterocycles. The fourth-order valence-electron chi connectivity index (χ4n) is 4.83. The number of benzene rings is 4. The van der Waals surface area contributed by atoms with Crippen LogP contribution in [-0.4, -0.2) is 11.7 Å². The monoisotopic (exact) mass is 542 g/mol. The summed E-state index contributed by atoms with van der Waals surface area (Å²) in [6, 6.07) is 31.5. The number of rotatable bonds is 7. The van der Waals surface area contributed by atoms with Gasteiger partial charge in [-0.2, -0.15) is 0 Å². The number of nitrogens with zero attached hydrogens (tertiary/aromatic N) is 1. The van der Waals surface area contributed by atoms with E-state index in [0.717, 1.165) is 44.5 Å². The molecule has 6 heteroatoms. The molecule has 0 fully saturated rings. The highest BCUT2D eigenvalue weighted by Gasteiger charge is 2.20. The predicted molar refractivity (Wildman–Crippen MR) is 157 cm³/mol. The van der Waals surface area contributed by atoms with Crippen molar-refractivity contribution in [2.45, 2.75) is 19.0 Å². The van der Waals surface area contributed by atoms with Gasteiger partial charge in [0.1, 0.15) is 5.75 Å². The van der Waals surface area contributed by atoms with Crippen molar-refractivity contribution in [3.8, 4) is 16.9 Å². The molecule has 0 aliphatic rings. The largest absolute Gasteiger partial charge is 0.497 e. The zero-order valence-corrected chi connectivity index (χ0v) is 22.9. The van der Waals surface area contributed by atoms with Gasteiger partial charge in [-0.25, -0.2) is 0 Å². The van der Waals surface area contributed by atoms with Crippen LogP contribution < -0.4 is 15.6 Å². The first-order valence-electron chi connectivity index (χ1n) is 12.4. The Morgan fingerprint density at radius 1 is 0.789 bits per heavy atom. The van der Waals surface area contributed by atoms with Crippen molar-refractivity contribution < 1.29 is 4.74 Å². The van der Waals surface area contributed by atoms with Gasteiger partial charge in [0.25, 0.3) is 5.56 Å². The molecule has 4 aromatic carbocycles. The van der Waals surface area contributed by atoms with Crippen molar-refractivity contribution in [1.82, 2.24) is 9.88 Å². The summed E-state index contributed by atoms with van der Waals surface area (Å²) in [6.07, 6.45) is 0. The molecule has 192 valence electrons. The van der Waals surface area contributed by atoms with Gasteiger partial charge in [0.2, 0.25) is 0 Å². The van der Waals surface area contributed by atoms with E-state index in [-0.39, 0.29) is 17.6 Å². The minimum absolute atomic E-state index is 0.0461. The van der Waals surface area contributed by atoms with Crippen LogP contribution in [-0.2, 0) is 7.05 Å². The SMILES string of the molecule is COc1ccc([C@H](C)N[C@H](c2ccc(Cl)cc2)c2ccc3c(c2)c(-c2cccc(Cl)c2)cc(=O)n3C)cc1. The second-order valence-electron chi connectivity index (χ2n) is 9.39. The van der Waals surface area contributed by atoms with E-state index in [4.69, 9.17) is 27.9 Å². The van der Waals surface area contributed by atoms with Crippen LogP contribution in [0.3, 0.4) is 0 Å². The molecule has 1 aromatic heterocycles. The van der Waals surface area contributed by atoms with Crippen molar-refractivity contribution in [3.63, 3.8) is 0 Å². The summed E-state index contributed by atoms with van der Waals surface area (Å²) in [6.45, 7) is 2.15. The number of hydrogen-bond acceptors (Lipinski definition) is 3. The highest BCUT2D eigenvalue weighted by atomic mass is 35.5. The molecule has 38 heavy (non-hydrogen) atoms. The van der Waals surface area contributed by atoms with Crippen molar-refractivity contribution in [2.24, 2.45) is 7.05 Å². The predicted octanol–water partition coefficient (Wildman–Crippen LogP) is 7.96. The lowest BCUT2D eigenvalue weighted by Gasteiger charge is -2.26. The van der Waals surface area contributed by atoms with E-state index in [1.807, 2.05) is 66.7 Å². The number of nitrogens with one attached hydrogen (secondary N) is 1. The highest BCUT2D eigenvalue weighted by Crippen LogP contribution is 2.34. The summed E-state index contributed by atoms with van der Waals surface area (Å²) >= 11 is 12.5. The quantitative estimate of drug-likeness (QED) is 0.227. The van der Waals surface area contributed by atoms with Gasteiger partial charge < -0.3 is 9.30 Å². The molecular weight excluding hydrogens is 515 g/mol. The minimum atomic E-state index is -0.127. The third-order valence-electron chi connectivity index (χ3n) is 6.98. The lowest BCUT2D eigenvalue weighted by atomic mass is 9.93. The smallest absolute Gasteiger partial charge is 0.251 e. The Hall–Kier alpha value is -3.57. The molecule has 2 atom stereocenters. The molecule has 1 heterocycles. The number of methoxy groups -OCH3 is 1. The van der Waals surface area contributed by atoms with E-state index in [9.17, 15) is 4.79 Å². The van der Waals surface area contributed by atoms with E-state index in [1.165, 1.54) is 0 Å². The van der Waals surface area contributed by atoms with E-state index in [0.29, 0.717) is 10.0 Å². The molecule has 4 nitrogen and oxygen atoms in total. The van der Waals surface area contributed by atoms with Crippen LogP contribution in [0.4, 0.5) is 0 Å². The van der Waals surface area contributed by atoms with Gasteiger partial charge in [-0.05, 0) is 83.3 Å². The van der Waals surface area contributed by atoms with E-state index >= 15 is 0 Å². The van der Waals surface area contributed by atoms with Crippen LogP contribution in [0, 0.1) is 0 Å². The summed E-state index contributed by atoms with van der Waals surface area (Å²) in [5.41, 5.74) is 5.85. The average molecular weight is 543 g/mol. The first-order chi connectivity index (χ1) is 18.3. The number of hydrogen-bond donors (Lipinski definition) is 1. The van der Waals surface area contributed by atoms with E-state index < -0.39 is 0 Å². The minimum Gasteiger partial charge on any atom is -0.497 e. The summed E-state index contributed by atoms with van der Waals surface area (Å²) < 4.78 is 7.01. The molecule has 0 bridgehead atoms. The molecule has 0 spiro atoms. The number of aromatic nitrogens is 1. The van der Waals surface area contributed by atoms with Crippen molar-refractivity contribution in [1.29, 1.82) is 0 Å². The maximum absolute atomic E-state index is 12.8. The molecule has 0 amide bonds. The summed E-state index contributed by atoms with van der Waals surface area (Å²) in [5, 5.41) is 6.10. The molecular formula is C32H28Cl2N2O2. The molecule has 0 aliphatic carbocycles. The summed E-state index contributed by atoms with van der Waals surface area (Å²) in [5.74, 6) is 0.823. The Bertz CT molecular complexity index is 1640. The fourth-order valence-corrected chi connectivity index (χ4v) is 5.15. The molecule has 0 radical (unpaired) electrons. The first-order valence-corrected chi connectivity index (χ1v) is 13.1. The van der Waals surface area contributed by atoms with Crippen molar-refractivity contribution >= 4 is 34.1 Å². The van der Waals surface area contributed by atoms with Gasteiger partial charge in [0.15, 0.2) is 0 Å². The Morgan fingerprint density at radius 2 is 1.47 bits per heavy atom.